The second kappa shape index (κ2) is 7.76. The number of aromatic nitrogens is 1. The zero-order chi connectivity index (χ0) is 19.6. The van der Waals surface area contributed by atoms with Gasteiger partial charge in [0.2, 0.25) is 0 Å². The van der Waals surface area contributed by atoms with Crippen molar-refractivity contribution in [2.24, 2.45) is 0 Å². The van der Waals surface area contributed by atoms with E-state index in [-0.39, 0.29) is 10.7 Å². The summed E-state index contributed by atoms with van der Waals surface area (Å²) in [5.74, 6) is -1.03. The van der Waals surface area contributed by atoms with Crippen molar-refractivity contribution in [3.8, 4) is 0 Å². The van der Waals surface area contributed by atoms with Gasteiger partial charge in [0.05, 0.1) is 11.1 Å². The van der Waals surface area contributed by atoms with E-state index in [0.717, 1.165) is 11.1 Å². The van der Waals surface area contributed by atoms with Crippen LogP contribution in [0.4, 0.5) is 5.69 Å². The highest BCUT2D eigenvalue weighted by atomic mass is 35.5. The number of hydrogen-bond donors (Lipinski definition) is 1. The van der Waals surface area contributed by atoms with Crippen LogP contribution in [0, 0.1) is 13.8 Å². The summed E-state index contributed by atoms with van der Waals surface area (Å²) < 4.78 is 5.37. The Kier molecular flexibility index (Phi) is 5.42. The number of carbonyl (C=O) groups excluding carboxylic acids is 2. The Hall–Kier alpha value is -2.92. The largest absolute Gasteiger partial charge is 0.449 e. The lowest BCUT2D eigenvalue weighted by molar-refractivity contribution is -0.123. The number of amides is 1. The zero-order valence-corrected chi connectivity index (χ0v) is 16.0. The molecule has 1 atom stereocenters. The summed E-state index contributed by atoms with van der Waals surface area (Å²) in [5.41, 5.74) is 3.51. The average molecular weight is 383 g/mol. The molecule has 1 aromatic heterocycles. The molecule has 138 valence electrons. The van der Waals surface area contributed by atoms with Crippen molar-refractivity contribution >= 4 is 40.1 Å². The number of ether oxygens (including phenoxy) is 1. The molecule has 0 radical (unpaired) electrons. The molecule has 0 saturated carbocycles. The highest BCUT2D eigenvalue weighted by Crippen LogP contribution is 2.22. The van der Waals surface area contributed by atoms with Crippen molar-refractivity contribution in [3.63, 3.8) is 0 Å². The number of anilines is 1. The highest BCUT2D eigenvalue weighted by Gasteiger charge is 2.21. The van der Waals surface area contributed by atoms with Gasteiger partial charge in [-0.25, -0.2) is 9.78 Å². The summed E-state index contributed by atoms with van der Waals surface area (Å²) in [4.78, 5) is 29.2. The van der Waals surface area contributed by atoms with Crippen LogP contribution in [0.3, 0.4) is 0 Å². The third-order valence-corrected chi connectivity index (χ3v) is 4.40. The number of nitrogens with one attached hydrogen (secondary N) is 1. The highest BCUT2D eigenvalue weighted by molar-refractivity contribution is 6.30. The van der Waals surface area contributed by atoms with Crippen LogP contribution in [0.2, 0.25) is 5.15 Å². The number of rotatable bonds is 4. The fourth-order valence-corrected chi connectivity index (χ4v) is 2.89. The standard InChI is InChI=1S/C21H19ClN2O3/c1-12-8-9-13(2)18(10-12)24-20(25)14(3)27-21(26)16-11-19(22)23-17-7-5-4-6-15(16)17/h4-11,14H,1-3H3,(H,24,25)/t14-/m1/s1. The van der Waals surface area contributed by atoms with E-state index in [1.54, 1.807) is 24.3 Å². The monoisotopic (exact) mass is 382 g/mol. The summed E-state index contributed by atoms with van der Waals surface area (Å²) in [7, 11) is 0. The van der Waals surface area contributed by atoms with Crippen molar-refractivity contribution in [1.29, 1.82) is 0 Å². The first-order chi connectivity index (χ1) is 12.8. The van der Waals surface area contributed by atoms with Crippen molar-refractivity contribution < 1.29 is 14.3 Å². The second-order valence-electron chi connectivity index (χ2n) is 6.36. The predicted molar refractivity (Wildman–Crippen MR) is 106 cm³/mol. The first-order valence-electron chi connectivity index (χ1n) is 8.49. The number of nitrogens with zero attached hydrogens (tertiary/aromatic N) is 1. The van der Waals surface area contributed by atoms with E-state index in [4.69, 9.17) is 16.3 Å². The van der Waals surface area contributed by atoms with Crippen LogP contribution in [-0.4, -0.2) is 23.0 Å². The molecule has 0 spiro atoms. The van der Waals surface area contributed by atoms with Crippen LogP contribution >= 0.6 is 11.6 Å². The summed E-state index contributed by atoms with van der Waals surface area (Å²) in [5, 5.41) is 3.61. The summed E-state index contributed by atoms with van der Waals surface area (Å²) in [6.07, 6.45) is -0.969. The minimum atomic E-state index is -0.969. The van der Waals surface area contributed by atoms with Crippen LogP contribution in [0.5, 0.6) is 0 Å². The van der Waals surface area contributed by atoms with Gasteiger partial charge in [-0.2, -0.15) is 0 Å². The molecule has 0 saturated heterocycles. The molecular weight excluding hydrogens is 364 g/mol. The second-order valence-corrected chi connectivity index (χ2v) is 6.75. The van der Waals surface area contributed by atoms with E-state index < -0.39 is 18.0 Å². The maximum atomic E-state index is 12.6. The van der Waals surface area contributed by atoms with Crippen LogP contribution in [0.15, 0.2) is 48.5 Å². The Morgan fingerprint density at radius 1 is 1.11 bits per heavy atom. The van der Waals surface area contributed by atoms with Gasteiger partial charge in [-0.05, 0) is 50.1 Å². The Bertz CT molecular complexity index is 1030. The molecule has 5 nitrogen and oxygen atoms in total. The molecule has 3 aromatic rings. The molecule has 1 heterocycles. The SMILES string of the molecule is Cc1ccc(C)c(NC(=O)[C@@H](C)OC(=O)c2cc(Cl)nc3ccccc23)c1. The number of pyridine rings is 1. The molecule has 6 heteroatoms. The van der Waals surface area contributed by atoms with Gasteiger partial charge < -0.3 is 10.1 Å². The van der Waals surface area contributed by atoms with E-state index in [1.807, 2.05) is 32.0 Å². The third kappa shape index (κ3) is 4.26. The smallest absolute Gasteiger partial charge is 0.339 e. The fraction of sp³-hybridized carbons (Fsp3) is 0.190. The fourth-order valence-electron chi connectivity index (χ4n) is 2.69. The first-order valence-corrected chi connectivity index (χ1v) is 8.87. The normalized spacial score (nSPS) is 11.9. The molecule has 0 unspecified atom stereocenters. The van der Waals surface area contributed by atoms with Crippen molar-refractivity contribution in [1.82, 2.24) is 4.98 Å². The van der Waals surface area contributed by atoms with Gasteiger partial charge in [-0.15, -0.1) is 0 Å². The van der Waals surface area contributed by atoms with Gasteiger partial charge in [-0.3, -0.25) is 4.79 Å². The topological polar surface area (TPSA) is 68.3 Å². The summed E-state index contributed by atoms with van der Waals surface area (Å²) in [6.45, 7) is 5.37. The Morgan fingerprint density at radius 3 is 2.63 bits per heavy atom. The molecule has 0 aliphatic carbocycles. The molecule has 3 rings (SSSR count). The summed E-state index contributed by atoms with van der Waals surface area (Å²) >= 11 is 6.01. The number of esters is 1. The van der Waals surface area contributed by atoms with Gasteiger partial charge in [0.15, 0.2) is 6.10 Å². The van der Waals surface area contributed by atoms with E-state index in [9.17, 15) is 9.59 Å². The van der Waals surface area contributed by atoms with E-state index in [1.165, 1.54) is 13.0 Å². The molecule has 0 fully saturated rings. The Balaban J connectivity index is 1.78. The lowest BCUT2D eigenvalue weighted by Crippen LogP contribution is -2.30. The number of hydrogen-bond acceptors (Lipinski definition) is 4. The van der Waals surface area contributed by atoms with E-state index in [0.29, 0.717) is 16.6 Å². The van der Waals surface area contributed by atoms with Gasteiger partial charge in [0.1, 0.15) is 5.15 Å². The zero-order valence-electron chi connectivity index (χ0n) is 15.2. The maximum absolute atomic E-state index is 12.6. The number of para-hydroxylation sites is 1. The van der Waals surface area contributed by atoms with Crippen LogP contribution < -0.4 is 5.32 Å². The quantitative estimate of drug-likeness (QED) is 0.525. The lowest BCUT2D eigenvalue weighted by Gasteiger charge is -2.16. The molecule has 1 N–H and O–H groups in total. The van der Waals surface area contributed by atoms with Crippen LogP contribution in [-0.2, 0) is 9.53 Å². The van der Waals surface area contributed by atoms with Crippen LogP contribution in [0.25, 0.3) is 10.9 Å². The van der Waals surface area contributed by atoms with Gasteiger partial charge in [-0.1, -0.05) is 41.9 Å². The van der Waals surface area contributed by atoms with Gasteiger partial charge in [0, 0.05) is 11.1 Å². The van der Waals surface area contributed by atoms with Crippen molar-refractivity contribution in [2.75, 3.05) is 5.32 Å². The van der Waals surface area contributed by atoms with E-state index in [2.05, 4.69) is 10.3 Å². The number of carbonyl (C=O) groups is 2. The number of aryl methyl sites for hydroxylation is 2. The number of halogens is 1. The minimum Gasteiger partial charge on any atom is -0.449 e. The van der Waals surface area contributed by atoms with Crippen molar-refractivity contribution in [3.05, 3.63) is 70.4 Å². The maximum Gasteiger partial charge on any atom is 0.339 e. The van der Waals surface area contributed by atoms with Gasteiger partial charge in [0.25, 0.3) is 5.91 Å². The number of benzene rings is 2. The Morgan fingerprint density at radius 2 is 1.85 bits per heavy atom. The molecule has 0 aliphatic heterocycles. The average Bonchev–Trinajstić information content (AvgIpc) is 2.63. The lowest BCUT2D eigenvalue weighted by atomic mass is 10.1. The molecule has 1 amide bonds. The molecular formula is C21H19ClN2O3. The molecule has 2 aromatic carbocycles. The minimum absolute atomic E-state index is 0.188. The Labute approximate surface area is 162 Å². The van der Waals surface area contributed by atoms with Gasteiger partial charge >= 0.3 is 5.97 Å². The van der Waals surface area contributed by atoms with Crippen molar-refractivity contribution in [2.45, 2.75) is 26.9 Å². The summed E-state index contributed by atoms with van der Waals surface area (Å²) in [6, 6.07) is 14.3. The first kappa shape index (κ1) is 18.9. The molecule has 27 heavy (non-hydrogen) atoms. The molecule has 0 bridgehead atoms. The number of fused-ring (bicyclic) bond motifs is 1. The predicted octanol–water partition coefficient (Wildman–Crippen LogP) is 4.69. The molecule has 0 aliphatic rings. The third-order valence-electron chi connectivity index (χ3n) is 4.21. The van der Waals surface area contributed by atoms with Crippen LogP contribution in [0.1, 0.15) is 28.4 Å². The van der Waals surface area contributed by atoms with E-state index >= 15 is 0 Å².